The zero-order valence-electron chi connectivity index (χ0n) is 5.46. The number of benzene rings is 1. The van der Waals surface area contributed by atoms with Crippen molar-refractivity contribution >= 4 is 35.8 Å². The van der Waals surface area contributed by atoms with Crippen molar-refractivity contribution in [1.82, 2.24) is 0 Å². The van der Waals surface area contributed by atoms with E-state index in [1.54, 1.807) is 18.2 Å². The van der Waals surface area contributed by atoms with Crippen LogP contribution in [0.2, 0.25) is 10.0 Å². The third kappa shape index (κ3) is 1.87. The zero-order chi connectivity index (χ0) is 8.43. The quantitative estimate of drug-likeness (QED) is 0.640. The van der Waals surface area contributed by atoms with Crippen molar-refractivity contribution in [3.05, 3.63) is 28.2 Å². The fraction of sp³-hybridized carbons (Fsp3) is 0. The van der Waals surface area contributed by atoms with Gasteiger partial charge in [0.05, 0.1) is 0 Å². The molecule has 0 bridgehead atoms. The summed E-state index contributed by atoms with van der Waals surface area (Å²) < 4.78 is 0. The molecule has 0 radical (unpaired) electrons. The fourth-order valence-electron chi connectivity index (χ4n) is 0.757. The first kappa shape index (κ1) is 8.88. The minimum absolute atomic E-state index is 0.149. The van der Waals surface area contributed by atoms with E-state index in [0.717, 1.165) is 0 Å². The van der Waals surface area contributed by atoms with Crippen LogP contribution in [0.3, 0.4) is 0 Å². The Balaban J connectivity index is 3.21. The molecule has 2 nitrogen and oxygen atoms in total. The van der Waals surface area contributed by atoms with Gasteiger partial charge in [0, 0.05) is 15.5 Å². The molecule has 0 heterocycles. The van der Waals surface area contributed by atoms with Crippen LogP contribution in [-0.4, -0.2) is 17.2 Å². The van der Waals surface area contributed by atoms with E-state index in [0.29, 0.717) is 0 Å². The highest BCUT2D eigenvalue weighted by Crippen LogP contribution is 2.12. The van der Waals surface area contributed by atoms with Crippen molar-refractivity contribution < 1.29 is 10.0 Å². The van der Waals surface area contributed by atoms with Crippen LogP contribution in [0.15, 0.2) is 18.2 Å². The Bertz CT molecular complexity index is 245. The second-order valence-corrected chi connectivity index (χ2v) is 2.82. The van der Waals surface area contributed by atoms with Crippen LogP contribution in [0.25, 0.3) is 0 Å². The van der Waals surface area contributed by atoms with Crippen molar-refractivity contribution in [2.45, 2.75) is 0 Å². The summed E-state index contributed by atoms with van der Waals surface area (Å²) in [5.41, 5.74) is 0.149. The van der Waals surface area contributed by atoms with E-state index < -0.39 is 7.12 Å². The maximum atomic E-state index is 8.77. The number of halogens is 2. The van der Waals surface area contributed by atoms with Gasteiger partial charge in [-0.05, 0) is 12.1 Å². The van der Waals surface area contributed by atoms with E-state index in [1.165, 1.54) is 0 Å². The van der Waals surface area contributed by atoms with E-state index in [9.17, 15) is 0 Å². The van der Waals surface area contributed by atoms with Crippen molar-refractivity contribution in [2.24, 2.45) is 0 Å². The third-order valence-electron chi connectivity index (χ3n) is 1.26. The molecular formula is C6H5BCl2O2. The average Bonchev–Trinajstić information content (AvgIpc) is 1.85. The zero-order valence-corrected chi connectivity index (χ0v) is 6.97. The van der Waals surface area contributed by atoms with Crippen LogP contribution in [-0.2, 0) is 0 Å². The molecule has 0 spiro atoms. The van der Waals surface area contributed by atoms with Gasteiger partial charge in [0.25, 0.3) is 0 Å². The van der Waals surface area contributed by atoms with Crippen molar-refractivity contribution in [2.75, 3.05) is 0 Å². The SMILES string of the molecule is OB(O)c1c(Cl)cccc1Cl. The summed E-state index contributed by atoms with van der Waals surface area (Å²) in [6.45, 7) is 0. The van der Waals surface area contributed by atoms with E-state index in [1.807, 2.05) is 0 Å². The highest BCUT2D eigenvalue weighted by atomic mass is 35.5. The van der Waals surface area contributed by atoms with Gasteiger partial charge >= 0.3 is 7.12 Å². The maximum Gasteiger partial charge on any atom is 0.491 e. The van der Waals surface area contributed by atoms with Crippen molar-refractivity contribution in [3.8, 4) is 0 Å². The van der Waals surface area contributed by atoms with Gasteiger partial charge in [-0.15, -0.1) is 0 Å². The van der Waals surface area contributed by atoms with Crippen molar-refractivity contribution in [3.63, 3.8) is 0 Å². The van der Waals surface area contributed by atoms with Crippen molar-refractivity contribution in [1.29, 1.82) is 0 Å². The smallest absolute Gasteiger partial charge is 0.423 e. The first-order valence-electron chi connectivity index (χ1n) is 2.93. The van der Waals surface area contributed by atoms with Gasteiger partial charge in [-0.25, -0.2) is 0 Å². The van der Waals surface area contributed by atoms with Gasteiger partial charge in [-0.3, -0.25) is 0 Å². The second-order valence-electron chi connectivity index (χ2n) is 2.01. The van der Waals surface area contributed by atoms with E-state index in [2.05, 4.69) is 0 Å². The summed E-state index contributed by atoms with van der Waals surface area (Å²) in [5.74, 6) is 0. The molecule has 1 aromatic carbocycles. The number of rotatable bonds is 1. The van der Waals surface area contributed by atoms with E-state index in [-0.39, 0.29) is 15.5 Å². The van der Waals surface area contributed by atoms with Crippen LogP contribution >= 0.6 is 23.2 Å². The molecular weight excluding hydrogens is 186 g/mol. The Labute approximate surface area is 74.5 Å². The molecule has 0 fully saturated rings. The maximum absolute atomic E-state index is 8.77. The normalized spacial score (nSPS) is 9.82. The summed E-state index contributed by atoms with van der Waals surface area (Å²) in [7, 11) is -1.61. The first-order chi connectivity index (χ1) is 5.13. The standard InChI is InChI=1S/C6H5BCl2O2/c8-4-2-1-3-5(9)6(4)7(10)11/h1-3,10-11H. The van der Waals surface area contributed by atoms with Crippen LogP contribution in [0.5, 0.6) is 0 Å². The number of hydrogen-bond donors (Lipinski definition) is 2. The number of hydrogen-bond acceptors (Lipinski definition) is 2. The molecule has 58 valence electrons. The van der Waals surface area contributed by atoms with Crippen LogP contribution in [0, 0.1) is 0 Å². The molecule has 0 aliphatic carbocycles. The monoisotopic (exact) mass is 190 g/mol. The lowest BCUT2D eigenvalue weighted by molar-refractivity contribution is 0.426. The Morgan fingerprint density at radius 2 is 1.55 bits per heavy atom. The lowest BCUT2D eigenvalue weighted by atomic mass is 9.80. The molecule has 11 heavy (non-hydrogen) atoms. The molecule has 0 saturated carbocycles. The van der Waals surface area contributed by atoms with Gasteiger partial charge < -0.3 is 10.0 Å². The molecule has 2 N–H and O–H groups in total. The van der Waals surface area contributed by atoms with E-state index in [4.69, 9.17) is 33.2 Å². The molecule has 0 atom stereocenters. The van der Waals surface area contributed by atoms with E-state index >= 15 is 0 Å². The van der Waals surface area contributed by atoms with Gasteiger partial charge in [0.15, 0.2) is 0 Å². The topological polar surface area (TPSA) is 40.5 Å². The molecule has 0 unspecified atom stereocenters. The third-order valence-corrected chi connectivity index (χ3v) is 1.92. The molecule has 0 aromatic heterocycles. The molecule has 5 heteroatoms. The Morgan fingerprint density at radius 1 is 1.09 bits per heavy atom. The lowest BCUT2D eigenvalue weighted by Crippen LogP contribution is -2.31. The molecule has 1 rings (SSSR count). The Morgan fingerprint density at radius 3 is 1.82 bits per heavy atom. The molecule has 0 aliphatic rings. The highest BCUT2D eigenvalue weighted by molar-refractivity contribution is 6.66. The summed E-state index contributed by atoms with van der Waals surface area (Å²) in [6.07, 6.45) is 0. The first-order valence-corrected chi connectivity index (χ1v) is 3.68. The molecule has 0 aliphatic heterocycles. The average molecular weight is 191 g/mol. The van der Waals surface area contributed by atoms with Crippen LogP contribution < -0.4 is 5.46 Å². The Hall–Kier alpha value is -0.215. The van der Waals surface area contributed by atoms with Gasteiger partial charge in [-0.2, -0.15) is 0 Å². The predicted molar refractivity (Wildman–Crippen MR) is 46.3 cm³/mol. The predicted octanol–water partition coefficient (Wildman–Crippen LogP) is 0.673. The summed E-state index contributed by atoms with van der Waals surface area (Å²) in [4.78, 5) is 0. The molecule has 0 saturated heterocycles. The summed E-state index contributed by atoms with van der Waals surface area (Å²) in [6, 6.07) is 4.72. The fourth-order valence-corrected chi connectivity index (χ4v) is 1.35. The minimum atomic E-state index is -1.61. The molecule has 1 aromatic rings. The van der Waals surface area contributed by atoms with Gasteiger partial charge in [0.1, 0.15) is 0 Å². The van der Waals surface area contributed by atoms with Crippen LogP contribution in [0.4, 0.5) is 0 Å². The highest BCUT2D eigenvalue weighted by Gasteiger charge is 2.18. The summed E-state index contributed by atoms with van der Waals surface area (Å²) in [5, 5.41) is 18.1. The van der Waals surface area contributed by atoms with Gasteiger partial charge in [-0.1, -0.05) is 29.3 Å². The minimum Gasteiger partial charge on any atom is -0.423 e. The largest absolute Gasteiger partial charge is 0.491 e. The molecule has 0 amide bonds. The van der Waals surface area contributed by atoms with Gasteiger partial charge in [0.2, 0.25) is 0 Å². The van der Waals surface area contributed by atoms with Crippen LogP contribution in [0.1, 0.15) is 0 Å². The Kier molecular flexibility index (Phi) is 2.79. The summed E-state index contributed by atoms with van der Waals surface area (Å²) >= 11 is 11.2. The lowest BCUT2D eigenvalue weighted by Gasteiger charge is -2.03. The second kappa shape index (κ2) is 3.45.